The van der Waals surface area contributed by atoms with E-state index >= 15 is 0 Å². The summed E-state index contributed by atoms with van der Waals surface area (Å²) in [5.41, 5.74) is 2.28. The lowest BCUT2D eigenvalue weighted by molar-refractivity contribution is 0.0934. The molecule has 0 unspecified atom stereocenters. The molecule has 0 fully saturated rings. The van der Waals surface area contributed by atoms with Gasteiger partial charge in [0.15, 0.2) is 5.69 Å². The summed E-state index contributed by atoms with van der Waals surface area (Å²) in [5.74, 6) is 0.702. The van der Waals surface area contributed by atoms with Crippen LogP contribution in [0.5, 0.6) is 5.75 Å². The van der Waals surface area contributed by atoms with Crippen molar-refractivity contribution in [3.63, 3.8) is 0 Å². The summed E-state index contributed by atoms with van der Waals surface area (Å²) < 4.78 is 24.2. The topological polar surface area (TPSA) is 67.6 Å². The Balaban J connectivity index is 1.75. The Labute approximate surface area is 182 Å². The molecule has 7 heteroatoms. The fourth-order valence-corrected chi connectivity index (χ4v) is 3.12. The van der Waals surface area contributed by atoms with E-state index in [2.05, 4.69) is 15.2 Å². The highest BCUT2D eigenvalue weighted by Crippen LogP contribution is 2.18. The molecule has 0 aliphatic rings. The number of benzene rings is 2. The number of carbonyl (C=O) groups is 1. The third kappa shape index (κ3) is 6.65. The van der Waals surface area contributed by atoms with E-state index in [9.17, 15) is 9.18 Å². The number of methoxy groups -OCH3 is 1. The number of hydrogen-bond donors (Lipinski definition) is 1. The van der Waals surface area contributed by atoms with Crippen LogP contribution in [0.15, 0.2) is 59.2 Å². The molecule has 3 rings (SSSR count). The molecule has 0 radical (unpaired) electrons. The third-order valence-corrected chi connectivity index (χ3v) is 4.99. The molecular weight excluding hydrogens is 397 g/mol. The highest BCUT2D eigenvalue weighted by molar-refractivity contribution is 5.92. The molecule has 6 nitrogen and oxygen atoms in total. The Hall–Kier alpha value is -3.19. The maximum atomic E-state index is 13.3. The lowest BCUT2D eigenvalue weighted by Gasteiger charge is -2.21. The first-order valence-electron chi connectivity index (χ1n) is 10.3. The number of halogens is 1. The smallest absolute Gasteiger partial charge is 0.273 e. The summed E-state index contributed by atoms with van der Waals surface area (Å²) in [6.45, 7) is 5.51. The van der Waals surface area contributed by atoms with Gasteiger partial charge >= 0.3 is 0 Å². The van der Waals surface area contributed by atoms with Crippen molar-refractivity contribution in [2.45, 2.75) is 45.9 Å². The quantitative estimate of drug-likeness (QED) is 0.516. The molecular formula is C24H28FN3O3. The second-order valence-corrected chi connectivity index (χ2v) is 7.53. The molecule has 164 valence electrons. The number of ether oxygens (including phenoxy) is 1. The number of oxazole rings is 1. The maximum absolute atomic E-state index is 13.3. The van der Waals surface area contributed by atoms with Gasteiger partial charge in [-0.1, -0.05) is 31.2 Å². The molecule has 0 aliphatic heterocycles. The first-order valence-corrected chi connectivity index (χ1v) is 10.3. The van der Waals surface area contributed by atoms with Crippen LogP contribution in [-0.4, -0.2) is 28.9 Å². The van der Waals surface area contributed by atoms with Crippen LogP contribution >= 0.6 is 0 Å². The van der Waals surface area contributed by atoms with E-state index in [1.165, 1.54) is 18.4 Å². The lowest BCUT2D eigenvalue weighted by Crippen LogP contribution is -2.32. The Kier molecular flexibility index (Phi) is 7.78. The van der Waals surface area contributed by atoms with Gasteiger partial charge in [-0.25, -0.2) is 9.37 Å². The zero-order valence-electron chi connectivity index (χ0n) is 18.1. The number of nitrogens with one attached hydrogen (secondary N) is 1. The molecule has 0 saturated carbocycles. The van der Waals surface area contributed by atoms with Crippen LogP contribution in [0.25, 0.3) is 0 Å². The summed E-state index contributed by atoms with van der Waals surface area (Å²) in [6, 6.07) is 14.3. The second-order valence-electron chi connectivity index (χ2n) is 7.53. The van der Waals surface area contributed by atoms with Crippen LogP contribution in [0.3, 0.4) is 0 Å². The standard InChI is InChI=1S/C24H28FN3O3/c1-4-17(2)26-24(29)22-16-31-23(27-22)15-28(13-18-8-10-20(25)11-9-18)14-19-6-5-7-21(12-19)30-3/h5-12,16-17H,4,13-15H2,1-3H3,(H,26,29)/t17-/m1/s1. The van der Waals surface area contributed by atoms with Crippen molar-refractivity contribution in [1.82, 2.24) is 15.2 Å². The maximum Gasteiger partial charge on any atom is 0.273 e. The SMILES string of the molecule is CC[C@@H](C)NC(=O)c1coc(CN(Cc2ccc(F)cc2)Cc2cccc(OC)c2)n1. The minimum absolute atomic E-state index is 0.0654. The first-order chi connectivity index (χ1) is 15.0. The molecule has 0 aliphatic carbocycles. The molecule has 0 spiro atoms. The molecule has 3 aromatic rings. The van der Waals surface area contributed by atoms with E-state index in [-0.39, 0.29) is 23.5 Å². The van der Waals surface area contributed by atoms with Gasteiger partial charge < -0.3 is 14.5 Å². The molecule has 0 bridgehead atoms. The molecule has 1 N–H and O–H groups in total. The van der Waals surface area contributed by atoms with Crippen LogP contribution in [-0.2, 0) is 19.6 Å². The van der Waals surface area contributed by atoms with E-state index in [1.54, 1.807) is 19.2 Å². The van der Waals surface area contributed by atoms with Crippen molar-refractivity contribution in [1.29, 1.82) is 0 Å². The summed E-state index contributed by atoms with van der Waals surface area (Å²) in [5, 5.41) is 2.89. The second kappa shape index (κ2) is 10.7. The highest BCUT2D eigenvalue weighted by Gasteiger charge is 2.17. The average molecular weight is 426 g/mol. The van der Waals surface area contributed by atoms with Gasteiger partial charge in [0.2, 0.25) is 5.89 Å². The van der Waals surface area contributed by atoms with Gasteiger partial charge in [0.1, 0.15) is 17.8 Å². The predicted octanol–water partition coefficient (Wildman–Crippen LogP) is 4.55. The van der Waals surface area contributed by atoms with Gasteiger partial charge in [-0.2, -0.15) is 0 Å². The normalized spacial score (nSPS) is 12.0. The van der Waals surface area contributed by atoms with Crippen LogP contribution in [0.2, 0.25) is 0 Å². The minimum atomic E-state index is -0.271. The number of hydrogen-bond acceptors (Lipinski definition) is 5. The predicted molar refractivity (Wildman–Crippen MR) is 116 cm³/mol. The first kappa shape index (κ1) is 22.5. The Morgan fingerprint density at radius 1 is 1.16 bits per heavy atom. The number of carbonyl (C=O) groups excluding carboxylic acids is 1. The van der Waals surface area contributed by atoms with Crippen molar-refractivity contribution in [2.24, 2.45) is 0 Å². The largest absolute Gasteiger partial charge is 0.497 e. The van der Waals surface area contributed by atoms with Crippen LogP contribution in [0, 0.1) is 5.82 Å². The van der Waals surface area contributed by atoms with E-state index in [0.29, 0.717) is 25.5 Å². The number of aromatic nitrogens is 1. The van der Waals surface area contributed by atoms with Gasteiger partial charge in [0.05, 0.1) is 13.7 Å². The van der Waals surface area contributed by atoms with Crippen LogP contribution < -0.4 is 10.1 Å². The van der Waals surface area contributed by atoms with E-state index in [1.807, 2.05) is 38.1 Å². The molecule has 2 aromatic carbocycles. The lowest BCUT2D eigenvalue weighted by atomic mass is 10.1. The van der Waals surface area contributed by atoms with Crippen molar-refractivity contribution >= 4 is 5.91 Å². The average Bonchev–Trinajstić information content (AvgIpc) is 3.24. The minimum Gasteiger partial charge on any atom is -0.497 e. The monoisotopic (exact) mass is 425 g/mol. The molecule has 1 aromatic heterocycles. The molecule has 1 amide bonds. The van der Waals surface area contributed by atoms with Crippen molar-refractivity contribution in [2.75, 3.05) is 7.11 Å². The van der Waals surface area contributed by atoms with E-state index in [4.69, 9.17) is 9.15 Å². The van der Waals surface area contributed by atoms with Crippen molar-refractivity contribution in [3.8, 4) is 5.75 Å². The number of amides is 1. The zero-order valence-corrected chi connectivity index (χ0v) is 18.1. The van der Waals surface area contributed by atoms with Gasteiger partial charge in [-0.3, -0.25) is 9.69 Å². The Bertz CT molecular complexity index is 988. The third-order valence-electron chi connectivity index (χ3n) is 4.99. The van der Waals surface area contributed by atoms with Gasteiger partial charge in [-0.15, -0.1) is 0 Å². The van der Waals surface area contributed by atoms with Gasteiger partial charge in [0, 0.05) is 19.1 Å². The Morgan fingerprint density at radius 2 is 1.90 bits per heavy atom. The molecule has 1 atom stereocenters. The summed E-state index contributed by atoms with van der Waals surface area (Å²) >= 11 is 0. The van der Waals surface area contributed by atoms with Gasteiger partial charge in [-0.05, 0) is 48.7 Å². The number of nitrogens with zero attached hydrogens (tertiary/aromatic N) is 2. The summed E-state index contributed by atoms with van der Waals surface area (Å²) in [4.78, 5) is 18.8. The summed E-state index contributed by atoms with van der Waals surface area (Å²) in [6.07, 6.45) is 2.22. The van der Waals surface area contributed by atoms with Crippen LogP contribution in [0.4, 0.5) is 4.39 Å². The van der Waals surface area contributed by atoms with Crippen LogP contribution in [0.1, 0.15) is 47.8 Å². The highest BCUT2D eigenvalue weighted by atomic mass is 19.1. The Morgan fingerprint density at radius 3 is 2.61 bits per heavy atom. The zero-order chi connectivity index (χ0) is 22.2. The molecule has 0 saturated heterocycles. The van der Waals surface area contributed by atoms with E-state index < -0.39 is 0 Å². The van der Waals surface area contributed by atoms with E-state index in [0.717, 1.165) is 23.3 Å². The van der Waals surface area contributed by atoms with Crippen molar-refractivity contribution in [3.05, 3.63) is 83.3 Å². The van der Waals surface area contributed by atoms with Gasteiger partial charge in [0.25, 0.3) is 5.91 Å². The fourth-order valence-electron chi connectivity index (χ4n) is 3.12. The van der Waals surface area contributed by atoms with Crippen molar-refractivity contribution < 1.29 is 18.3 Å². The molecule has 1 heterocycles. The summed E-state index contributed by atoms with van der Waals surface area (Å²) in [7, 11) is 1.63. The fraction of sp³-hybridized carbons (Fsp3) is 0.333. The number of rotatable bonds is 10. The molecule has 31 heavy (non-hydrogen) atoms.